The van der Waals surface area contributed by atoms with Crippen LogP contribution in [0.2, 0.25) is 0 Å². The van der Waals surface area contributed by atoms with Gasteiger partial charge in [0.25, 0.3) is 0 Å². The van der Waals surface area contributed by atoms with E-state index < -0.39 is 0 Å². The minimum Gasteiger partial charge on any atom is -0.330 e. The van der Waals surface area contributed by atoms with Crippen LogP contribution in [0.15, 0.2) is 0 Å². The van der Waals surface area contributed by atoms with Gasteiger partial charge in [0, 0.05) is 13.1 Å². The lowest BCUT2D eigenvalue weighted by Crippen LogP contribution is -2.34. The second kappa shape index (κ2) is 4.83. The zero-order valence-electron chi connectivity index (χ0n) is 8.42. The molecule has 12 heavy (non-hydrogen) atoms. The summed E-state index contributed by atoms with van der Waals surface area (Å²) in [5.74, 6) is 1.63. The molecule has 0 saturated heterocycles. The Morgan fingerprint density at radius 1 is 1.50 bits per heavy atom. The van der Waals surface area contributed by atoms with Crippen LogP contribution < -0.4 is 5.73 Å². The monoisotopic (exact) mass is 170 g/mol. The van der Waals surface area contributed by atoms with Gasteiger partial charge in [0.1, 0.15) is 0 Å². The van der Waals surface area contributed by atoms with Gasteiger partial charge in [-0.25, -0.2) is 0 Å². The van der Waals surface area contributed by atoms with E-state index in [1.165, 1.54) is 25.8 Å². The maximum absolute atomic E-state index is 5.57. The van der Waals surface area contributed by atoms with Crippen molar-refractivity contribution in [3.8, 4) is 0 Å². The molecule has 1 aliphatic rings. The first-order valence-electron chi connectivity index (χ1n) is 5.11. The number of hydrogen-bond donors (Lipinski definition) is 1. The quantitative estimate of drug-likeness (QED) is 0.674. The van der Waals surface area contributed by atoms with Gasteiger partial charge in [0.05, 0.1) is 0 Å². The maximum Gasteiger partial charge on any atom is 0.00161 e. The Balaban J connectivity index is 2.05. The summed E-state index contributed by atoms with van der Waals surface area (Å²) in [6.07, 6.45) is 4.34. The molecule has 1 fully saturated rings. The minimum absolute atomic E-state index is 0.648. The molecule has 0 bridgehead atoms. The Bertz CT molecular complexity index is 114. The van der Waals surface area contributed by atoms with Crippen molar-refractivity contribution < 1.29 is 0 Å². The summed E-state index contributed by atoms with van der Waals surface area (Å²) in [6, 6.07) is 0. The van der Waals surface area contributed by atoms with E-state index in [0.29, 0.717) is 5.92 Å². The smallest absolute Gasteiger partial charge is 0.00161 e. The predicted molar refractivity (Wildman–Crippen MR) is 53.1 cm³/mol. The molecule has 1 rings (SSSR count). The molecule has 2 heteroatoms. The minimum atomic E-state index is 0.648. The van der Waals surface area contributed by atoms with Crippen molar-refractivity contribution in [3.05, 3.63) is 0 Å². The molecule has 2 nitrogen and oxygen atoms in total. The first kappa shape index (κ1) is 10.0. The van der Waals surface area contributed by atoms with Gasteiger partial charge in [-0.1, -0.05) is 13.3 Å². The molecular formula is C10H22N2. The summed E-state index contributed by atoms with van der Waals surface area (Å²) < 4.78 is 0. The van der Waals surface area contributed by atoms with Crippen LogP contribution in [0.3, 0.4) is 0 Å². The summed E-state index contributed by atoms with van der Waals surface area (Å²) in [5, 5.41) is 0. The summed E-state index contributed by atoms with van der Waals surface area (Å²) in [5.41, 5.74) is 5.57. The highest BCUT2D eigenvalue weighted by molar-refractivity contribution is 4.73. The molecule has 72 valence electrons. The molecule has 1 saturated carbocycles. The van der Waals surface area contributed by atoms with Gasteiger partial charge in [0.2, 0.25) is 0 Å². The van der Waals surface area contributed by atoms with E-state index in [0.717, 1.165) is 19.0 Å². The van der Waals surface area contributed by atoms with Gasteiger partial charge in [-0.3, -0.25) is 0 Å². The summed E-state index contributed by atoms with van der Waals surface area (Å²) in [6.45, 7) is 5.48. The zero-order valence-corrected chi connectivity index (χ0v) is 8.42. The van der Waals surface area contributed by atoms with Crippen molar-refractivity contribution in [2.45, 2.75) is 26.2 Å². The van der Waals surface area contributed by atoms with E-state index in [1.807, 2.05) is 0 Å². The standard InChI is InChI=1S/C10H22N2/c1-9(6-11)7-12(2)8-10-4-3-5-10/h9-10H,3-8,11H2,1-2H3. The van der Waals surface area contributed by atoms with Crippen molar-refractivity contribution in [1.29, 1.82) is 0 Å². The third-order valence-corrected chi connectivity index (χ3v) is 2.82. The molecule has 0 spiro atoms. The van der Waals surface area contributed by atoms with Crippen LogP contribution in [-0.2, 0) is 0 Å². The molecule has 0 amide bonds. The normalized spacial score (nSPS) is 21.0. The third kappa shape index (κ3) is 3.11. The lowest BCUT2D eigenvalue weighted by atomic mass is 9.85. The van der Waals surface area contributed by atoms with E-state index in [2.05, 4.69) is 18.9 Å². The summed E-state index contributed by atoms with van der Waals surface area (Å²) >= 11 is 0. The molecular weight excluding hydrogens is 148 g/mol. The molecule has 1 unspecified atom stereocenters. The van der Waals surface area contributed by atoms with E-state index in [4.69, 9.17) is 5.73 Å². The average Bonchev–Trinajstić information content (AvgIpc) is 1.97. The van der Waals surface area contributed by atoms with Gasteiger partial charge in [0.15, 0.2) is 0 Å². The highest BCUT2D eigenvalue weighted by Gasteiger charge is 2.19. The Hall–Kier alpha value is -0.0800. The van der Waals surface area contributed by atoms with Crippen LogP contribution in [0.5, 0.6) is 0 Å². The van der Waals surface area contributed by atoms with Crippen LogP contribution in [0.25, 0.3) is 0 Å². The first-order chi connectivity index (χ1) is 5.72. The molecule has 0 aliphatic heterocycles. The SMILES string of the molecule is CC(CN)CN(C)CC1CCC1. The van der Waals surface area contributed by atoms with Crippen LogP contribution in [0.1, 0.15) is 26.2 Å². The van der Waals surface area contributed by atoms with Crippen molar-refractivity contribution in [3.63, 3.8) is 0 Å². The fraction of sp³-hybridized carbons (Fsp3) is 1.00. The summed E-state index contributed by atoms with van der Waals surface area (Å²) in [7, 11) is 2.21. The summed E-state index contributed by atoms with van der Waals surface area (Å²) in [4.78, 5) is 2.43. The fourth-order valence-corrected chi connectivity index (χ4v) is 1.80. The molecule has 2 N–H and O–H groups in total. The van der Waals surface area contributed by atoms with Crippen molar-refractivity contribution in [2.75, 3.05) is 26.7 Å². The van der Waals surface area contributed by atoms with Crippen molar-refractivity contribution in [2.24, 2.45) is 17.6 Å². The Kier molecular flexibility index (Phi) is 4.02. The van der Waals surface area contributed by atoms with E-state index >= 15 is 0 Å². The number of rotatable bonds is 5. The third-order valence-electron chi connectivity index (χ3n) is 2.82. The Morgan fingerprint density at radius 2 is 2.17 bits per heavy atom. The predicted octanol–water partition coefficient (Wildman–Crippen LogP) is 1.31. The molecule has 0 aromatic carbocycles. The van der Waals surface area contributed by atoms with Gasteiger partial charge in [-0.15, -0.1) is 0 Å². The largest absolute Gasteiger partial charge is 0.330 e. The van der Waals surface area contributed by atoms with Crippen LogP contribution in [0.4, 0.5) is 0 Å². The number of nitrogens with zero attached hydrogens (tertiary/aromatic N) is 1. The lowest BCUT2D eigenvalue weighted by Gasteiger charge is -2.31. The van der Waals surface area contributed by atoms with Crippen LogP contribution in [-0.4, -0.2) is 31.6 Å². The molecule has 0 aromatic heterocycles. The van der Waals surface area contributed by atoms with Crippen LogP contribution in [0, 0.1) is 11.8 Å². The highest BCUT2D eigenvalue weighted by atomic mass is 15.1. The molecule has 1 atom stereocenters. The van der Waals surface area contributed by atoms with Crippen LogP contribution >= 0.6 is 0 Å². The highest BCUT2D eigenvalue weighted by Crippen LogP contribution is 2.26. The van der Waals surface area contributed by atoms with E-state index in [9.17, 15) is 0 Å². The number of hydrogen-bond acceptors (Lipinski definition) is 2. The molecule has 0 heterocycles. The maximum atomic E-state index is 5.57. The molecule has 0 aromatic rings. The lowest BCUT2D eigenvalue weighted by molar-refractivity contribution is 0.190. The molecule has 0 radical (unpaired) electrons. The second-order valence-corrected chi connectivity index (χ2v) is 4.36. The fourth-order valence-electron chi connectivity index (χ4n) is 1.80. The second-order valence-electron chi connectivity index (χ2n) is 4.36. The van der Waals surface area contributed by atoms with E-state index in [1.54, 1.807) is 0 Å². The van der Waals surface area contributed by atoms with Crippen molar-refractivity contribution in [1.82, 2.24) is 4.90 Å². The average molecular weight is 170 g/mol. The van der Waals surface area contributed by atoms with E-state index in [-0.39, 0.29) is 0 Å². The molecule has 1 aliphatic carbocycles. The Labute approximate surface area is 76.1 Å². The van der Waals surface area contributed by atoms with Crippen molar-refractivity contribution >= 4 is 0 Å². The van der Waals surface area contributed by atoms with Gasteiger partial charge < -0.3 is 10.6 Å². The van der Waals surface area contributed by atoms with Gasteiger partial charge >= 0.3 is 0 Å². The van der Waals surface area contributed by atoms with Gasteiger partial charge in [-0.05, 0) is 38.3 Å². The topological polar surface area (TPSA) is 29.3 Å². The Morgan fingerprint density at radius 3 is 2.58 bits per heavy atom. The first-order valence-corrected chi connectivity index (χ1v) is 5.11. The zero-order chi connectivity index (χ0) is 8.97. The van der Waals surface area contributed by atoms with Gasteiger partial charge in [-0.2, -0.15) is 0 Å². The number of nitrogens with two attached hydrogens (primary N) is 1.